The number of aliphatic imine (C=N–C) groups is 1. The number of halogens is 1. The molecule has 0 radical (unpaired) electrons. The molecule has 5 rings (SSSR count). The van der Waals surface area contributed by atoms with Gasteiger partial charge in [0.2, 0.25) is 5.91 Å². The number of hydrogen-bond donors (Lipinski definition) is 1. The number of amidine groups is 1. The molecule has 2 aliphatic rings. The molecular weight excluding hydrogens is 448 g/mol. The van der Waals surface area contributed by atoms with Crippen LogP contribution in [0.3, 0.4) is 0 Å². The molecular formula is C23H19ClN4O3S. The molecule has 0 saturated carbocycles. The van der Waals surface area contributed by atoms with E-state index in [2.05, 4.69) is 20.3 Å². The van der Waals surface area contributed by atoms with Crippen LogP contribution in [0.2, 0.25) is 5.02 Å². The third-order valence-corrected chi connectivity index (χ3v) is 7.62. The van der Waals surface area contributed by atoms with Crippen LogP contribution in [-0.4, -0.2) is 42.4 Å². The monoisotopic (exact) mass is 466 g/mol. The number of aryl methyl sites for hydroxylation is 1. The molecule has 0 aliphatic carbocycles. The molecule has 0 atom stereocenters. The average molecular weight is 467 g/mol. The lowest BCUT2D eigenvalue weighted by atomic mass is 10.0. The summed E-state index contributed by atoms with van der Waals surface area (Å²) in [5.41, 5.74) is 3.50. The van der Waals surface area contributed by atoms with Crippen molar-refractivity contribution in [1.82, 2.24) is 15.3 Å². The second kappa shape index (κ2) is 8.11. The standard InChI is InChI=1S/C23H19ClN4O3S/c24-17-4-1-3-16(12-17)23-26-18-5-2-10-32(30,31)21(18)19(27-23)11-14-6-8-15(9-7-14)22-25-13-20(29)28-22/h1,3-4,6-9,12H,2,5,10-11,13H2,(H,25,28,29). The zero-order valence-electron chi connectivity index (χ0n) is 17.0. The SMILES string of the molecule is O=C1CN=C(c2ccc(Cc3nc(-c4cccc(Cl)c4)nc4c3S(=O)(=O)CCC4)cc2)N1. The van der Waals surface area contributed by atoms with E-state index in [-0.39, 0.29) is 23.1 Å². The van der Waals surface area contributed by atoms with Crippen molar-refractivity contribution < 1.29 is 13.2 Å². The summed E-state index contributed by atoms with van der Waals surface area (Å²) >= 11 is 6.14. The summed E-state index contributed by atoms with van der Waals surface area (Å²) in [6.07, 6.45) is 1.48. The summed E-state index contributed by atoms with van der Waals surface area (Å²) in [5.74, 6) is 0.992. The van der Waals surface area contributed by atoms with Gasteiger partial charge in [-0.1, -0.05) is 48.0 Å². The van der Waals surface area contributed by atoms with Crippen LogP contribution in [0.5, 0.6) is 0 Å². The summed E-state index contributed by atoms with van der Waals surface area (Å²) in [6, 6.07) is 14.7. The number of sulfone groups is 1. The number of rotatable bonds is 4. The molecule has 3 aromatic rings. The van der Waals surface area contributed by atoms with Crippen molar-refractivity contribution in [2.24, 2.45) is 4.99 Å². The summed E-state index contributed by atoms with van der Waals surface area (Å²) in [4.78, 5) is 25.1. The van der Waals surface area contributed by atoms with E-state index in [9.17, 15) is 13.2 Å². The third-order valence-electron chi connectivity index (χ3n) is 5.46. The van der Waals surface area contributed by atoms with Crippen LogP contribution in [0, 0.1) is 0 Å². The number of fused-ring (bicyclic) bond motifs is 1. The van der Waals surface area contributed by atoms with Gasteiger partial charge in [-0.3, -0.25) is 9.79 Å². The summed E-state index contributed by atoms with van der Waals surface area (Å²) < 4.78 is 25.8. The van der Waals surface area contributed by atoms with E-state index in [1.807, 2.05) is 36.4 Å². The van der Waals surface area contributed by atoms with E-state index >= 15 is 0 Å². The van der Waals surface area contributed by atoms with Crippen molar-refractivity contribution in [2.45, 2.75) is 24.2 Å². The van der Waals surface area contributed by atoms with E-state index in [0.29, 0.717) is 47.3 Å². The van der Waals surface area contributed by atoms with Crippen LogP contribution < -0.4 is 5.32 Å². The molecule has 0 fully saturated rings. The van der Waals surface area contributed by atoms with Crippen LogP contribution in [0.25, 0.3) is 11.4 Å². The van der Waals surface area contributed by atoms with Crippen molar-refractivity contribution >= 4 is 33.2 Å². The lowest BCUT2D eigenvalue weighted by molar-refractivity contribution is -0.117. The van der Waals surface area contributed by atoms with E-state index in [4.69, 9.17) is 11.6 Å². The van der Waals surface area contributed by atoms with Crippen LogP contribution >= 0.6 is 11.6 Å². The molecule has 162 valence electrons. The molecule has 1 amide bonds. The smallest absolute Gasteiger partial charge is 0.247 e. The number of nitrogens with zero attached hydrogens (tertiary/aromatic N) is 3. The summed E-state index contributed by atoms with van der Waals surface area (Å²) in [5, 5.41) is 3.29. The first-order valence-electron chi connectivity index (χ1n) is 10.2. The van der Waals surface area contributed by atoms with Gasteiger partial charge in [0.05, 0.1) is 17.1 Å². The van der Waals surface area contributed by atoms with Crippen molar-refractivity contribution in [3.05, 3.63) is 76.1 Å². The Bertz CT molecular complexity index is 1370. The maximum Gasteiger partial charge on any atom is 0.247 e. The molecule has 1 N–H and O–H groups in total. The first-order valence-corrected chi connectivity index (χ1v) is 12.2. The predicted octanol–water partition coefficient (Wildman–Crippen LogP) is 2.98. The molecule has 2 aromatic carbocycles. The molecule has 9 heteroatoms. The van der Waals surface area contributed by atoms with Crippen LogP contribution in [0.15, 0.2) is 58.4 Å². The predicted molar refractivity (Wildman–Crippen MR) is 122 cm³/mol. The lowest BCUT2D eigenvalue weighted by Crippen LogP contribution is -2.25. The van der Waals surface area contributed by atoms with Gasteiger partial charge in [0.1, 0.15) is 17.3 Å². The highest BCUT2D eigenvalue weighted by Crippen LogP contribution is 2.31. The van der Waals surface area contributed by atoms with Gasteiger partial charge in [-0.2, -0.15) is 0 Å². The Morgan fingerprint density at radius 2 is 1.84 bits per heavy atom. The number of carbonyl (C=O) groups excluding carboxylic acids is 1. The zero-order chi connectivity index (χ0) is 22.3. The van der Waals surface area contributed by atoms with E-state index in [0.717, 1.165) is 16.7 Å². The first-order chi connectivity index (χ1) is 15.4. The number of aromatic nitrogens is 2. The Kier molecular flexibility index (Phi) is 5.27. The van der Waals surface area contributed by atoms with Crippen LogP contribution in [0.4, 0.5) is 0 Å². The minimum Gasteiger partial charge on any atom is -0.309 e. The Morgan fingerprint density at radius 3 is 2.56 bits per heavy atom. The van der Waals surface area contributed by atoms with Gasteiger partial charge in [-0.05, 0) is 30.5 Å². The Balaban J connectivity index is 1.55. The lowest BCUT2D eigenvalue weighted by Gasteiger charge is -2.20. The highest BCUT2D eigenvalue weighted by molar-refractivity contribution is 7.91. The third kappa shape index (κ3) is 4.03. The largest absolute Gasteiger partial charge is 0.309 e. The van der Waals surface area contributed by atoms with Gasteiger partial charge >= 0.3 is 0 Å². The van der Waals surface area contributed by atoms with Crippen LogP contribution in [-0.2, 0) is 27.5 Å². The molecule has 0 bridgehead atoms. The molecule has 3 heterocycles. The molecule has 2 aliphatic heterocycles. The number of nitrogens with one attached hydrogen (secondary N) is 1. The summed E-state index contributed by atoms with van der Waals surface area (Å²) in [7, 11) is -3.44. The maximum atomic E-state index is 12.9. The highest BCUT2D eigenvalue weighted by Gasteiger charge is 2.30. The Hall–Kier alpha value is -3.10. The van der Waals surface area contributed by atoms with Crippen molar-refractivity contribution in [2.75, 3.05) is 12.3 Å². The molecule has 0 spiro atoms. The van der Waals surface area contributed by atoms with Gasteiger partial charge in [0.25, 0.3) is 0 Å². The average Bonchev–Trinajstić information content (AvgIpc) is 3.20. The second-order valence-electron chi connectivity index (χ2n) is 7.79. The molecule has 7 nitrogen and oxygen atoms in total. The second-order valence-corrected chi connectivity index (χ2v) is 10.3. The highest BCUT2D eigenvalue weighted by atomic mass is 35.5. The fraction of sp³-hybridized carbons (Fsp3) is 0.217. The van der Waals surface area contributed by atoms with Crippen molar-refractivity contribution in [3.63, 3.8) is 0 Å². The van der Waals surface area contributed by atoms with Gasteiger partial charge in [-0.15, -0.1) is 0 Å². The topological polar surface area (TPSA) is 101 Å². The van der Waals surface area contributed by atoms with Crippen molar-refractivity contribution in [1.29, 1.82) is 0 Å². The molecule has 32 heavy (non-hydrogen) atoms. The van der Waals surface area contributed by atoms with E-state index in [1.165, 1.54) is 0 Å². The quantitative estimate of drug-likeness (QED) is 0.637. The van der Waals surface area contributed by atoms with Gasteiger partial charge in [-0.25, -0.2) is 18.4 Å². The Labute approximate surface area is 190 Å². The van der Waals surface area contributed by atoms with Gasteiger partial charge in [0.15, 0.2) is 15.7 Å². The molecule has 0 saturated heterocycles. The minimum atomic E-state index is -3.44. The fourth-order valence-corrected chi connectivity index (χ4v) is 5.89. The Morgan fingerprint density at radius 1 is 1.03 bits per heavy atom. The van der Waals surface area contributed by atoms with E-state index in [1.54, 1.807) is 12.1 Å². The van der Waals surface area contributed by atoms with E-state index < -0.39 is 9.84 Å². The van der Waals surface area contributed by atoms with Crippen molar-refractivity contribution in [3.8, 4) is 11.4 Å². The fourth-order valence-electron chi connectivity index (χ4n) is 3.98. The number of carbonyl (C=O) groups is 1. The first kappa shape index (κ1) is 20.8. The van der Waals surface area contributed by atoms with Crippen LogP contribution in [0.1, 0.15) is 28.9 Å². The number of hydrogen-bond acceptors (Lipinski definition) is 6. The molecule has 1 aromatic heterocycles. The van der Waals surface area contributed by atoms with Gasteiger partial charge < -0.3 is 5.32 Å². The zero-order valence-corrected chi connectivity index (χ0v) is 18.6. The number of benzene rings is 2. The molecule has 0 unspecified atom stereocenters. The summed E-state index contributed by atoms with van der Waals surface area (Å²) in [6.45, 7) is 0.133. The number of amides is 1. The minimum absolute atomic E-state index is 0.103. The normalized spacial score (nSPS) is 16.9. The van der Waals surface area contributed by atoms with Gasteiger partial charge in [0, 0.05) is 22.6 Å². The maximum absolute atomic E-state index is 12.9.